The summed E-state index contributed by atoms with van der Waals surface area (Å²) in [6.45, 7) is 6.41. The molecule has 102 valence electrons. The van der Waals surface area contributed by atoms with Gasteiger partial charge in [0.15, 0.2) is 0 Å². The summed E-state index contributed by atoms with van der Waals surface area (Å²) >= 11 is 0. The fourth-order valence-corrected chi connectivity index (χ4v) is 1.31. The van der Waals surface area contributed by atoms with Crippen LogP contribution < -0.4 is 5.73 Å². The Labute approximate surface area is 107 Å². The Bertz CT molecular complexity index is 357. The van der Waals surface area contributed by atoms with Crippen molar-refractivity contribution in [2.75, 3.05) is 13.2 Å². The molecular weight excluding hydrogens is 234 g/mol. The second-order valence-corrected chi connectivity index (χ2v) is 5.02. The van der Waals surface area contributed by atoms with Crippen LogP contribution in [0.4, 0.5) is 0 Å². The summed E-state index contributed by atoms with van der Waals surface area (Å²) < 4.78 is 10.5. The molecule has 1 aromatic rings. The summed E-state index contributed by atoms with van der Waals surface area (Å²) in [6, 6.07) is -0.680. The Morgan fingerprint density at radius 1 is 1.50 bits per heavy atom. The van der Waals surface area contributed by atoms with Gasteiger partial charge in [-0.3, -0.25) is 4.79 Å². The van der Waals surface area contributed by atoms with Gasteiger partial charge in [-0.1, -0.05) is 0 Å². The van der Waals surface area contributed by atoms with E-state index in [4.69, 9.17) is 15.2 Å². The molecule has 18 heavy (non-hydrogen) atoms. The van der Waals surface area contributed by atoms with E-state index in [0.717, 1.165) is 5.69 Å². The second kappa shape index (κ2) is 6.51. The van der Waals surface area contributed by atoms with Crippen LogP contribution in [0.2, 0.25) is 0 Å². The first-order valence-electron chi connectivity index (χ1n) is 5.92. The van der Waals surface area contributed by atoms with Gasteiger partial charge >= 0.3 is 5.97 Å². The topological polar surface area (TPSA) is 90.2 Å². The standard InChI is InChI=1S/C12H21N3O3/c1-12(2,3)18-5-4-17-11(16)10(13)6-9-7-14-8-15-9/h7-8,10H,4-6,13H2,1-3H3,(H,14,15)/t10-/m1/s1. The van der Waals surface area contributed by atoms with Gasteiger partial charge in [-0.25, -0.2) is 4.98 Å². The molecule has 6 heteroatoms. The number of imidazole rings is 1. The van der Waals surface area contributed by atoms with Crippen LogP contribution in [-0.2, 0) is 20.7 Å². The number of nitrogens with two attached hydrogens (primary N) is 1. The lowest BCUT2D eigenvalue weighted by atomic mass is 10.2. The number of aromatic amines is 1. The van der Waals surface area contributed by atoms with Gasteiger partial charge in [0, 0.05) is 18.3 Å². The summed E-state index contributed by atoms with van der Waals surface area (Å²) in [5.41, 5.74) is 6.29. The molecule has 0 bridgehead atoms. The van der Waals surface area contributed by atoms with Crippen molar-refractivity contribution in [2.45, 2.75) is 38.8 Å². The van der Waals surface area contributed by atoms with Gasteiger partial charge in [0.2, 0.25) is 0 Å². The number of ether oxygens (including phenoxy) is 2. The van der Waals surface area contributed by atoms with Crippen molar-refractivity contribution < 1.29 is 14.3 Å². The van der Waals surface area contributed by atoms with Crippen LogP contribution in [0, 0.1) is 0 Å². The molecule has 1 rings (SSSR count). The van der Waals surface area contributed by atoms with Gasteiger partial charge in [-0.2, -0.15) is 0 Å². The zero-order valence-corrected chi connectivity index (χ0v) is 11.1. The normalized spacial score (nSPS) is 13.3. The average molecular weight is 255 g/mol. The summed E-state index contributed by atoms with van der Waals surface area (Å²) in [5, 5.41) is 0. The molecule has 3 N–H and O–H groups in total. The van der Waals surface area contributed by atoms with E-state index in [1.165, 1.54) is 0 Å². The highest BCUT2D eigenvalue weighted by Gasteiger charge is 2.17. The SMILES string of the molecule is CC(C)(C)OCCOC(=O)[C@H](N)Cc1cnc[nH]1. The first-order chi connectivity index (χ1) is 8.38. The second-order valence-electron chi connectivity index (χ2n) is 5.02. The Balaban J connectivity index is 2.20. The van der Waals surface area contributed by atoms with Crippen molar-refractivity contribution in [3.05, 3.63) is 18.2 Å². The Morgan fingerprint density at radius 3 is 2.78 bits per heavy atom. The zero-order valence-electron chi connectivity index (χ0n) is 11.1. The molecule has 6 nitrogen and oxygen atoms in total. The number of esters is 1. The van der Waals surface area contributed by atoms with Crippen LogP contribution in [-0.4, -0.2) is 40.8 Å². The van der Waals surface area contributed by atoms with Crippen LogP contribution in [0.1, 0.15) is 26.5 Å². The van der Waals surface area contributed by atoms with Gasteiger partial charge in [-0.15, -0.1) is 0 Å². The minimum Gasteiger partial charge on any atom is -0.462 e. The van der Waals surface area contributed by atoms with Crippen LogP contribution in [0.15, 0.2) is 12.5 Å². The number of nitrogens with one attached hydrogen (secondary N) is 1. The number of rotatable bonds is 6. The third kappa shape index (κ3) is 5.79. The molecule has 0 aliphatic carbocycles. The Morgan fingerprint density at radius 2 is 2.22 bits per heavy atom. The number of aromatic nitrogens is 2. The van der Waals surface area contributed by atoms with Crippen LogP contribution in [0.3, 0.4) is 0 Å². The maximum atomic E-state index is 11.6. The van der Waals surface area contributed by atoms with E-state index in [2.05, 4.69) is 9.97 Å². The van der Waals surface area contributed by atoms with Gasteiger partial charge in [-0.05, 0) is 20.8 Å². The van der Waals surface area contributed by atoms with E-state index in [9.17, 15) is 4.79 Å². The number of carbonyl (C=O) groups is 1. The third-order valence-corrected chi connectivity index (χ3v) is 2.16. The smallest absolute Gasteiger partial charge is 0.323 e. The average Bonchev–Trinajstić information content (AvgIpc) is 2.75. The van der Waals surface area contributed by atoms with Crippen molar-refractivity contribution in [3.8, 4) is 0 Å². The van der Waals surface area contributed by atoms with Crippen LogP contribution >= 0.6 is 0 Å². The fourth-order valence-electron chi connectivity index (χ4n) is 1.31. The van der Waals surface area contributed by atoms with Crippen LogP contribution in [0.25, 0.3) is 0 Å². The molecule has 0 fully saturated rings. The lowest BCUT2D eigenvalue weighted by Gasteiger charge is -2.19. The van der Waals surface area contributed by atoms with E-state index in [1.54, 1.807) is 12.5 Å². The lowest BCUT2D eigenvalue weighted by Crippen LogP contribution is -2.35. The summed E-state index contributed by atoms with van der Waals surface area (Å²) in [6.07, 6.45) is 3.57. The van der Waals surface area contributed by atoms with Crippen molar-refractivity contribution in [1.29, 1.82) is 0 Å². The summed E-state index contributed by atoms with van der Waals surface area (Å²) in [5.74, 6) is -0.429. The van der Waals surface area contributed by atoms with E-state index in [1.807, 2.05) is 20.8 Å². The number of carbonyl (C=O) groups excluding carboxylic acids is 1. The predicted octanol–water partition coefficient (Wildman–Crippen LogP) is 0.638. The third-order valence-electron chi connectivity index (χ3n) is 2.16. The molecule has 0 saturated heterocycles. The number of H-pyrrole nitrogens is 1. The quantitative estimate of drug-likeness (QED) is 0.575. The highest BCUT2D eigenvalue weighted by Crippen LogP contribution is 2.06. The van der Waals surface area contributed by atoms with Crippen molar-refractivity contribution in [2.24, 2.45) is 5.73 Å². The molecule has 0 saturated carbocycles. The molecule has 0 amide bonds. The Kier molecular flexibility index (Phi) is 5.30. The lowest BCUT2D eigenvalue weighted by molar-refractivity contribution is -0.148. The minimum absolute atomic E-state index is 0.215. The Hall–Kier alpha value is -1.40. The van der Waals surface area contributed by atoms with Crippen molar-refractivity contribution in [1.82, 2.24) is 9.97 Å². The highest BCUT2D eigenvalue weighted by atomic mass is 16.6. The van der Waals surface area contributed by atoms with E-state index >= 15 is 0 Å². The van der Waals surface area contributed by atoms with Gasteiger partial charge in [0.05, 0.1) is 18.5 Å². The minimum atomic E-state index is -0.680. The predicted molar refractivity (Wildman–Crippen MR) is 66.9 cm³/mol. The van der Waals surface area contributed by atoms with E-state index in [0.29, 0.717) is 13.0 Å². The molecule has 0 aliphatic heterocycles. The van der Waals surface area contributed by atoms with Crippen molar-refractivity contribution >= 4 is 5.97 Å². The van der Waals surface area contributed by atoms with Gasteiger partial charge in [0.25, 0.3) is 0 Å². The zero-order chi connectivity index (χ0) is 13.6. The summed E-state index contributed by atoms with van der Waals surface area (Å²) in [4.78, 5) is 18.3. The maximum Gasteiger partial charge on any atom is 0.323 e. The molecule has 0 spiro atoms. The monoisotopic (exact) mass is 255 g/mol. The molecule has 0 radical (unpaired) electrons. The highest BCUT2D eigenvalue weighted by molar-refractivity contribution is 5.75. The first kappa shape index (κ1) is 14.7. The first-order valence-corrected chi connectivity index (χ1v) is 5.92. The molecule has 0 aromatic carbocycles. The van der Waals surface area contributed by atoms with Gasteiger partial charge in [0.1, 0.15) is 12.6 Å². The van der Waals surface area contributed by atoms with Crippen LogP contribution in [0.5, 0.6) is 0 Å². The molecular formula is C12H21N3O3. The van der Waals surface area contributed by atoms with Crippen molar-refractivity contribution in [3.63, 3.8) is 0 Å². The molecule has 1 aromatic heterocycles. The fraction of sp³-hybridized carbons (Fsp3) is 0.667. The maximum absolute atomic E-state index is 11.6. The molecule has 1 atom stereocenters. The van der Waals surface area contributed by atoms with Gasteiger partial charge < -0.3 is 20.2 Å². The molecule has 1 heterocycles. The largest absolute Gasteiger partial charge is 0.462 e. The summed E-state index contributed by atoms with van der Waals surface area (Å²) in [7, 11) is 0. The number of hydrogen-bond donors (Lipinski definition) is 2. The van der Waals surface area contributed by atoms with E-state index < -0.39 is 12.0 Å². The van der Waals surface area contributed by atoms with E-state index in [-0.39, 0.29) is 12.2 Å². The number of hydrogen-bond acceptors (Lipinski definition) is 5. The molecule has 0 aliphatic rings. The number of nitrogens with zero attached hydrogens (tertiary/aromatic N) is 1. The molecule has 0 unspecified atom stereocenters.